The quantitative estimate of drug-likeness (QED) is 0.431. The first-order chi connectivity index (χ1) is 13.6. The highest BCUT2D eigenvalue weighted by molar-refractivity contribution is 7.23. The Balaban J connectivity index is 1.51. The van der Waals surface area contributed by atoms with Gasteiger partial charge in [0.05, 0.1) is 11.0 Å². The molecule has 0 bridgehead atoms. The topological polar surface area (TPSA) is 100 Å². The fraction of sp³-hybridized carbons (Fsp3) is 0.0526. The molecule has 5 rings (SSSR count). The van der Waals surface area contributed by atoms with Crippen LogP contribution in [0.4, 0.5) is 10.5 Å². The van der Waals surface area contributed by atoms with Gasteiger partial charge in [0.1, 0.15) is 11.0 Å². The summed E-state index contributed by atoms with van der Waals surface area (Å²) in [5.74, 6) is 0. The first-order valence-electron chi connectivity index (χ1n) is 8.57. The van der Waals surface area contributed by atoms with E-state index in [1.807, 2.05) is 59.9 Å². The molecule has 0 aliphatic rings. The van der Waals surface area contributed by atoms with E-state index in [9.17, 15) is 4.79 Å². The number of carbonyl (C=O) groups excluding carboxylic acids is 1. The number of benzene rings is 2. The Morgan fingerprint density at radius 1 is 1.14 bits per heavy atom. The minimum absolute atomic E-state index is 0.142. The van der Waals surface area contributed by atoms with Crippen LogP contribution < -0.4 is 16.2 Å². The molecule has 0 aliphatic carbocycles. The van der Waals surface area contributed by atoms with Gasteiger partial charge >= 0.3 is 6.03 Å². The summed E-state index contributed by atoms with van der Waals surface area (Å²) in [4.78, 5) is 22.1. The van der Waals surface area contributed by atoms with Crippen molar-refractivity contribution in [2.75, 3.05) is 10.7 Å². The van der Waals surface area contributed by atoms with Gasteiger partial charge in [-0.1, -0.05) is 41.2 Å². The van der Waals surface area contributed by atoms with Crippen LogP contribution in [0.1, 0.15) is 5.56 Å². The van der Waals surface area contributed by atoms with E-state index in [-0.39, 0.29) is 5.49 Å². The van der Waals surface area contributed by atoms with E-state index in [4.69, 9.17) is 5.41 Å². The number of urea groups is 1. The fourth-order valence-electron chi connectivity index (χ4n) is 3.06. The Bertz CT molecular complexity index is 1410. The predicted molar refractivity (Wildman–Crippen MR) is 109 cm³/mol. The van der Waals surface area contributed by atoms with Gasteiger partial charge in [0.15, 0.2) is 16.1 Å². The molecular weight excluding hydrogens is 374 g/mol. The zero-order chi connectivity index (χ0) is 19.3. The van der Waals surface area contributed by atoms with E-state index in [1.165, 1.54) is 22.3 Å². The summed E-state index contributed by atoms with van der Waals surface area (Å²) in [5, 5.41) is 11.2. The van der Waals surface area contributed by atoms with Crippen LogP contribution >= 0.6 is 11.3 Å². The number of fused-ring (bicyclic) bond motifs is 5. The van der Waals surface area contributed by atoms with Crippen LogP contribution in [-0.4, -0.2) is 25.1 Å². The summed E-state index contributed by atoms with van der Waals surface area (Å²) in [6.07, 6.45) is 1.43. The SMILES string of the molecule is Cc1ccc(NC(=O)Nn2cnc3c(sc4nc5ccccc5n43)c2=N)cc1. The van der Waals surface area contributed by atoms with E-state index in [0.29, 0.717) is 16.0 Å². The van der Waals surface area contributed by atoms with Crippen LogP contribution in [0.25, 0.3) is 26.3 Å². The monoisotopic (exact) mass is 389 g/mol. The van der Waals surface area contributed by atoms with Gasteiger partial charge in [-0.05, 0) is 31.2 Å². The molecule has 0 atom stereocenters. The summed E-state index contributed by atoms with van der Waals surface area (Å²) in [5.41, 5.74) is 7.03. The fourth-order valence-corrected chi connectivity index (χ4v) is 4.09. The zero-order valence-electron chi connectivity index (χ0n) is 14.8. The van der Waals surface area contributed by atoms with Gasteiger partial charge in [-0.25, -0.2) is 24.9 Å². The number of hydrogen-bond donors (Lipinski definition) is 3. The Morgan fingerprint density at radius 3 is 2.75 bits per heavy atom. The maximum Gasteiger partial charge on any atom is 0.338 e. The van der Waals surface area contributed by atoms with Crippen molar-refractivity contribution in [3.05, 3.63) is 65.9 Å². The summed E-state index contributed by atoms with van der Waals surface area (Å²) >= 11 is 1.37. The smallest absolute Gasteiger partial charge is 0.307 e. The first kappa shape index (κ1) is 16.5. The molecule has 5 aromatic rings. The number of anilines is 1. The molecule has 8 nitrogen and oxygen atoms in total. The molecule has 0 radical (unpaired) electrons. The number of carbonyl (C=O) groups is 1. The van der Waals surface area contributed by atoms with Gasteiger partial charge in [0.25, 0.3) is 0 Å². The average molecular weight is 389 g/mol. The zero-order valence-corrected chi connectivity index (χ0v) is 15.6. The van der Waals surface area contributed by atoms with Crippen molar-refractivity contribution in [1.29, 1.82) is 5.41 Å². The molecule has 3 heterocycles. The van der Waals surface area contributed by atoms with Crippen molar-refractivity contribution in [3.63, 3.8) is 0 Å². The third-order valence-corrected chi connectivity index (χ3v) is 5.46. The molecule has 0 aliphatic heterocycles. The van der Waals surface area contributed by atoms with Crippen LogP contribution in [0.5, 0.6) is 0 Å². The number of aryl methyl sites for hydroxylation is 1. The summed E-state index contributed by atoms with van der Waals surface area (Å²) in [6.45, 7) is 1.98. The lowest BCUT2D eigenvalue weighted by Gasteiger charge is -2.10. The van der Waals surface area contributed by atoms with Crippen LogP contribution in [-0.2, 0) is 0 Å². The number of imidazole rings is 1. The largest absolute Gasteiger partial charge is 0.338 e. The normalized spacial score (nSPS) is 11.3. The Labute approximate surface area is 162 Å². The number of rotatable bonds is 2. The molecule has 0 fully saturated rings. The summed E-state index contributed by atoms with van der Waals surface area (Å²) in [7, 11) is 0. The van der Waals surface area contributed by atoms with Crippen molar-refractivity contribution < 1.29 is 4.79 Å². The number of amides is 2. The van der Waals surface area contributed by atoms with E-state index < -0.39 is 6.03 Å². The number of nitrogens with one attached hydrogen (secondary N) is 3. The molecule has 0 unspecified atom stereocenters. The Morgan fingerprint density at radius 2 is 1.93 bits per heavy atom. The number of aromatic nitrogens is 4. The third-order valence-electron chi connectivity index (χ3n) is 4.42. The van der Waals surface area contributed by atoms with Gasteiger partial charge in [-0.3, -0.25) is 9.81 Å². The second-order valence-electron chi connectivity index (χ2n) is 6.37. The van der Waals surface area contributed by atoms with Gasteiger partial charge in [0, 0.05) is 5.69 Å². The lowest BCUT2D eigenvalue weighted by Crippen LogP contribution is -2.35. The van der Waals surface area contributed by atoms with E-state index >= 15 is 0 Å². The number of hydrogen-bond acceptors (Lipinski definition) is 5. The molecule has 0 saturated carbocycles. The van der Waals surface area contributed by atoms with Crippen molar-refractivity contribution in [2.45, 2.75) is 6.92 Å². The molecule has 138 valence electrons. The third kappa shape index (κ3) is 2.60. The molecule has 3 N–H and O–H groups in total. The summed E-state index contributed by atoms with van der Waals surface area (Å²) in [6, 6.07) is 14.8. The molecule has 2 amide bonds. The molecule has 2 aromatic carbocycles. The first-order valence-corrected chi connectivity index (χ1v) is 9.38. The number of nitrogens with zero attached hydrogens (tertiary/aromatic N) is 4. The summed E-state index contributed by atoms with van der Waals surface area (Å²) < 4.78 is 3.88. The molecule has 9 heteroatoms. The predicted octanol–water partition coefficient (Wildman–Crippen LogP) is 3.46. The van der Waals surface area contributed by atoms with Crippen molar-refractivity contribution in [1.82, 2.24) is 19.0 Å². The Hall–Kier alpha value is -3.72. The van der Waals surface area contributed by atoms with Crippen LogP contribution in [0.15, 0.2) is 54.9 Å². The highest BCUT2D eigenvalue weighted by atomic mass is 32.1. The van der Waals surface area contributed by atoms with E-state index in [0.717, 1.165) is 21.6 Å². The van der Waals surface area contributed by atoms with E-state index in [2.05, 4.69) is 20.7 Å². The van der Waals surface area contributed by atoms with E-state index in [1.54, 1.807) is 0 Å². The van der Waals surface area contributed by atoms with Gasteiger partial charge in [0.2, 0.25) is 0 Å². The molecular formula is C19H15N7OS. The van der Waals surface area contributed by atoms with Crippen LogP contribution in [0.3, 0.4) is 0 Å². The standard InChI is InChI=1S/C19H15N7OS/c1-11-6-8-12(9-7-11)22-18(27)24-25-10-21-17-15(16(25)20)28-19-23-13-4-2-3-5-14(13)26(17)19/h2-10,20H,1H3,(H2,22,24,27). The van der Waals surface area contributed by atoms with Crippen molar-refractivity contribution >= 4 is 49.4 Å². The lowest BCUT2D eigenvalue weighted by molar-refractivity contribution is 0.259. The number of thiazole rings is 1. The number of para-hydroxylation sites is 2. The average Bonchev–Trinajstić information content (AvgIpc) is 3.22. The molecule has 3 aromatic heterocycles. The molecule has 0 saturated heterocycles. The van der Waals surface area contributed by atoms with Crippen LogP contribution in [0.2, 0.25) is 0 Å². The highest BCUT2D eigenvalue weighted by Crippen LogP contribution is 2.26. The molecule has 0 spiro atoms. The van der Waals surface area contributed by atoms with Gasteiger partial charge < -0.3 is 5.32 Å². The Kier molecular flexibility index (Phi) is 3.63. The lowest BCUT2D eigenvalue weighted by atomic mass is 10.2. The van der Waals surface area contributed by atoms with Crippen LogP contribution in [0, 0.1) is 12.3 Å². The maximum atomic E-state index is 12.3. The highest BCUT2D eigenvalue weighted by Gasteiger charge is 2.15. The minimum atomic E-state index is -0.449. The van der Waals surface area contributed by atoms with Gasteiger partial charge in [-0.2, -0.15) is 0 Å². The second kappa shape index (κ2) is 6.17. The minimum Gasteiger partial charge on any atom is -0.307 e. The molecule has 28 heavy (non-hydrogen) atoms. The second-order valence-corrected chi connectivity index (χ2v) is 7.35. The van der Waals surface area contributed by atoms with Gasteiger partial charge in [-0.15, -0.1) is 0 Å². The van der Waals surface area contributed by atoms with Crippen molar-refractivity contribution in [3.8, 4) is 0 Å². The maximum absolute atomic E-state index is 12.3. The van der Waals surface area contributed by atoms with Crippen molar-refractivity contribution in [2.24, 2.45) is 0 Å².